The molecule has 4 rings (SSSR count). The third-order valence-electron chi connectivity index (χ3n) is 3.92. The molecule has 2 aromatic carbocycles. The first-order valence-corrected chi connectivity index (χ1v) is 7.78. The molecule has 0 amide bonds. The van der Waals surface area contributed by atoms with Gasteiger partial charge < -0.3 is 10.1 Å². The Bertz CT molecular complexity index is 1100. The molecule has 0 aliphatic carbocycles. The first-order valence-electron chi connectivity index (χ1n) is 7.78. The number of aromatic nitrogens is 5. The summed E-state index contributed by atoms with van der Waals surface area (Å²) < 4.78 is 27.3. The van der Waals surface area contributed by atoms with E-state index < -0.39 is 5.82 Å². The van der Waals surface area contributed by atoms with E-state index in [-0.39, 0.29) is 29.6 Å². The lowest BCUT2D eigenvalue weighted by Crippen LogP contribution is -1.88. The summed E-state index contributed by atoms with van der Waals surface area (Å²) >= 11 is 0. The van der Waals surface area contributed by atoms with Gasteiger partial charge in [-0.1, -0.05) is 18.2 Å². The van der Waals surface area contributed by atoms with E-state index in [1.54, 1.807) is 30.4 Å². The van der Waals surface area contributed by atoms with Gasteiger partial charge in [0.1, 0.15) is 18.2 Å². The number of fused-ring (bicyclic) bond motifs is 1. The molecule has 0 atom stereocenters. The quantitative estimate of drug-likeness (QED) is 0.525. The number of benzene rings is 2. The van der Waals surface area contributed by atoms with Crippen LogP contribution in [-0.4, -0.2) is 30.5 Å². The van der Waals surface area contributed by atoms with Crippen molar-refractivity contribution in [3.8, 4) is 11.4 Å². The Hall–Kier alpha value is -3.39. The summed E-state index contributed by atoms with van der Waals surface area (Å²) in [5.41, 5.74) is 2.18. The van der Waals surface area contributed by atoms with Crippen LogP contribution >= 0.6 is 0 Å². The van der Waals surface area contributed by atoms with E-state index in [1.165, 1.54) is 18.2 Å². The third kappa shape index (κ3) is 2.98. The Morgan fingerprint density at radius 3 is 2.58 bits per heavy atom. The van der Waals surface area contributed by atoms with Gasteiger partial charge in [0.2, 0.25) is 0 Å². The summed E-state index contributed by atoms with van der Waals surface area (Å²) in [7, 11) is 0. The fourth-order valence-electron chi connectivity index (χ4n) is 2.61. The summed E-state index contributed by atoms with van der Waals surface area (Å²) in [4.78, 5) is 2.76. The van der Waals surface area contributed by atoms with Crippen molar-refractivity contribution >= 4 is 23.1 Å². The number of hydrogen-bond donors (Lipinski definition) is 3. The maximum atomic E-state index is 14.4. The minimum Gasteiger partial charge on any atom is -0.388 e. The van der Waals surface area contributed by atoms with Crippen molar-refractivity contribution in [1.29, 1.82) is 0 Å². The van der Waals surface area contributed by atoms with Crippen molar-refractivity contribution in [2.75, 3.05) is 0 Å². The zero-order chi connectivity index (χ0) is 18.1. The molecule has 8 heteroatoms. The number of aliphatic hydroxyl groups is 1. The smallest absolute Gasteiger partial charge is 0.164 e. The van der Waals surface area contributed by atoms with Crippen LogP contribution in [0.2, 0.25) is 0 Å². The van der Waals surface area contributed by atoms with Crippen LogP contribution in [-0.2, 0) is 6.61 Å². The average molecular weight is 353 g/mol. The van der Waals surface area contributed by atoms with E-state index in [9.17, 15) is 8.78 Å². The van der Waals surface area contributed by atoms with Gasteiger partial charge in [-0.05, 0) is 29.8 Å². The first kappa shape index (κ1) is 16.1. The van der Waals surface area contributed by atoms with Crippen LogP contribution in [0.25, 0.3) is 34.4 Å². The maximum Gasteiger partial charge on any atom is 0.164 e. The molecule has 0 fully saturated rings. The molecule has 26 heavy (non-hydrogen) atoms. The topological polar surface area (TPSA) is 90.5 Å². The van der Waals surface area contributed by atoms with Gasteiger partial charge in [-0.2, -0.15) is 5.10 Å². The lowest BCUT2D eigenvalue weighted by molar-refractivity contribution is 0.272. The number of H-pyrrole nitrogens is 2. The predicted molar refractivity (Wildman–Crippen MR) is 92.7 cm³/mol. The Kier molecular flexibility index (Phi) is 4.02. The van der Waals surface area contributed by atoms with E-state index >= 15 is 0 Å². The molecule has 0 aliphatic rings. The van der Waals surface area contributed by atoms with Gasteiger partial charge >= 0.3 is 0 Å². The molecule has 0 saturated carbocycles. The molecule has 3 N–H and O–H groups in total. The maximum absolute atomic E-state index is 14.4. The SMILES string of the molecule is OCc1nnc(-c2cc3c(C=Cc4ccc(F)cc4)n[nH]c3cc2F)[nH]1. The summed E-state index contributed by atoms with van der Waals surface area (Å²) in [6, 6.07) is 8.98. The zero-order valence-corrected chi connectivity index (χ0v) is 13.4. The number of rotatable bonds is 4. The number of hydrogen-bond acceptors (Lipinski definition) is 4. The van der Waals surface area contributed by atoms with E-state index in [0.717, 1.165) is 5.56 Å². The van der Waals surface area contributed by atoms with Crippen molar-refractivity contribution in [2.45, 2.75) is 6.61 Å². The van der Waals surface area contributed by atoms with Crippen LogP contribution < -0.4 is 0 Å². The minimum absolute atomic E-state index is 0.225. The molecular weight excluding hydrogens is 340 g/mol. The molecule has 0 spiro atoms. The number of aliphatic hydroxyl groups excluding tert-OH is 1. The van der Waals surface area contributed by atoms with Gasteiger partial charge in [0.25, 0.3) is 0 Å². The second-order valence-corrected chi connectivity index (χ2v) is 5.65. The predicted octanol–water partition coefficient (Wildman–Crippen LogP) is 3.29. The molecule has 2 heterocycles. The number of halogens is 2. The second-order valence-electron chi connectivity index (χ2n) is 5.65. The van der Waals surface area contributed by atoms with Crippen molar-refractivity contribution < 1.29 is 13.9 Å². The highest BCUT2D eigenvalue weighted by Gasteiger charge is 2.14. The second kappa shape index (κ2) is 6.49. The highest BCUT2D eigenvalue weighted by Crippen LogP contribution is 2.27. The summed E-state index contributed by atoms with van der Waals surface area (Å²) in [5.74, 6) is -0.316. The monoisotopic (exact) mass is 353 g/mol. The van der Waals surface area contributed by atoms with E-state index in [1.807, 2.05) is 0 Å². The van der Waals surface area contributed by atoms with Gasteiger partial charge in [-0.3, -0.25) is 5.10 Å². The van der Waals surface area contributed by atoms with Crippen molar-refractivity contribution in [1.82, 2.24) is 25.4 Å². The van der Waals surface area contributed by atoms with E-state index in [4.69, 9.17) is 5.11 Å². The fraction of sp³-hybridized carbons (Fsp3) is 0.0556. The van der Waals surface area contributed by atoms with Crippen LogP contribution in [0.1, 0.15) is 17.1 Å². The highest BCUT2D eigenvalue weighted by atomic mass is 19.1. The van der Waals surface area contributed by atoms with Gasteiger partial charge in [-0.15, -0.1) is 10.2 Å². The largest absolute Gasteiger partial charge is 0.388 e. The number of nitrogens with zero attached hydrogens (tertiary/aromatic N) is 3. The number of nitrogens with one attached hydrogen (secondary N) is 2. The molecule has 0 aliphatic heterocycles. The van der Waals surface area contributed by atoms with Crippen molar-refractivity contribution in [3.63, 3.8) is 0 Å². The van der Waals surface area contributed by atoms with Crippen LogP contribution in [0.5, 0.6) is 0 Å². The molecule has 0 bridgehead atoms. The highest BCUT2D eigenvalue weighted by molar-refractivity contribution is 5.92. The standard InChI is InChI=1S/C18H13F2N5O/c19-11-4-1-10(2-5-11)3-6-15-13-7-12(14(20)8-16(13)23-22-15)18-21-17(9-26)24-25-18/h1-8,26H,9H2,(H,22,23)(H,21,24,25). The summed E-state index contributed by atoms with van der Waals surface area (Å²) in [6.07, 6.45) is 3.55. The minimum atomic E-state index is -0.490. The molecule has 4 aromatic rings. The van der Waals surface area contributed by atoms with Gasteiger partial charge in [0, 0.05) is 11.5 Å². The van der Waals surface area contributed by atoms with Gasteiger partial charge in [0.05, 0.1) is 16.8 Å². The molecular formula is C18H13F2N5O. The lowest BCUT2D eigenvalue weighted by atomic mass is 10.1. The Balaban J connectivity index is 1.74. The van der Waals surface area contributed by atoms with Gasteiger partial charge in [-0.25, -0.2) is 8.78 Å². The van der Waals surface area contributed by atoms with Gasteiger partial charge in [0.15, 0.2) is 11.6 Å². The van der Waals surface area contributed by atoms with Crippen molar-refractivity contribution in [2.24, 2.45) is 0 Å². The summed E-state index contributed by atoms with van der Waals surface area (Å²) in [6.45, 7) is -0.311. The molecule has 6 nitrogen and oxygen atoms in total. The van der Waals surface area contributed by atoms with E-state index in [2.05, 4.69) is 25.4 Å². The Morgan fingerprint density at radius 1 is 1.04 bits per heavy atom. The Labute approximate surface area is 146 Å². The van der Waals surface area contributed by atoms with Crippen LogP contribution in [0, 0.1) is 11.6 Å². The van der Waals surface area contributed by atoms with E-state index in [0.29, 0.717) is 16.6 Å². The molecule has 0 unspecified atom stereocenters. The molecule has 2 aromatic heterocycles. The average Bonchev–Trinajstić information content (AvgIpc) is 3.27. The van der Waals surface area contributed by atoms with Crippen LogP contribution in [0.15, 0.2) is 36.4 Å². The van der Waals surface area contributed by atoms with Crippen molar-refractivity contribution in [3.05, 3.63) is 65.1 Å². The first-order chi connectivity index (χ1) is 12.6. The molecule has 130 valence electrons. The number of aromatic amines is 2. The van der Waals surface area contributed by atoms with Crippen LogP contribution in [0.3, 0.4) is 0 Å². The normalized spacial score (nSPS) is 11.7. The van der Waals surface area contributed by atoms with Crippen LogP contribution in [0.4, 0.5) is 8.78 Å². The molecule has 0 radical (unpaired) electrons. The summed E-state index contributed by atoms with van der Waals surface area (Å²) in [5, 5.41) is 24.3. The fourth-order valence-corrected chi connectivity index (χ4v) is 2.61. The zero-order valence-electron chi connectivity index (χ0n) is 13.4. The third-order valence-corrected chi connectivity index (χ3v) is 3.92. The molecule has 0 saturated heterocycles. The lowest BCUT2D eigenvalue weighted by Gasteiger charge is -2.00. The Morgan fingerprint density at radius 2 is 1.85 bits per heavy atom.